The molecule has 26 heavy (non-hydrogen) atoms. The summed E-state index contributed by atoms with van der Waals surface area (Å²) in [6, 6.07) is 5.71. The van der Waals surface area contributed by atoms with E-state index in [1.807, 2.05) is 14.0 Å². The van der Waals surface area contributed by atoms with Crippen molar-refractivity contribution in [1.29, 1.82) is 0 Å². The van der Waals surface area contributed by atoms with Crippen molar-refractivity contribution in [2.75, 3.05) is 5.32 Å². The van der Waals surface area contributed by atoms with E-state index in [1.54, 1.807) is 36.0 Å². The lowest BCUT2D eigenvalue weighted by Crippen LogP contribution is -2.09. The van der Waals surface area contributed by atoms with Crippen LogP contribution in [0.25, 0.3) is 11.3 Å². The Balaban J connectivity index is 0.000000229. The molecule has 1 aromatic heterocycles. The molecular weight excluding hydrogens is 328 g/mol. The van der Waals surface area contributed by atoms with Crippen LogP contribution in [-0.2, 0) is 11.8 Å². The van der Waals surface area contributed by atoms with Crippen LogP contribution >= 0.6 is 0 Å². The fourth-order valence-corrected chi connectivity index (χ4v) is 3.30. The van der Waals surface area contributed by atoms with E-state index in [9.17, 15) is 9.90 Å². The number of amides is 1. The molecule has 140 valence electrons. The molecule has 2 fully saturated rings. The van der Waals surface area contributed by atoms with Gasteiger partial charge in [-0.2, -0.15) is 5.10 Å². The molecule has 6 heteroatoms. The Hall–Kier alpha value is -2.34. The van der Waals surface area contributed by atoms with Crippen LogP contribution in [0.1, 0.15) is 38.2 Å². The highest BCUT2D eigenvalue weighted by Crippen LogP contribution is 2.48. The van der Waals surface area contributed by atoms with Gasteiger partial charge in [-0.3, -0.25) is 9.48 Å². The van der Waals surface area contributed by atoms with Gasteiger partial charge in [0.25, 0.3) is 0 Å². The van der Waals surface area contributed by atoms with Crippen LogP contribution in [0.2, 0.25) is 0 Å². The van der Waals surface area contributed by atoms with Crippen LogP contribution in [0.15, 0.2) is 24.4 Å². The summed E-state index contributed by atoms with van der Waals surface area (Å²) in [7, 11) is 1.83. The molecule has 4 N–H and O–H groups in total. The minimum absolute atomic E-state index is 0.0798. The molecule has 1 amide bonds. The predicted molar refractivity (Wildman–Crippen MR) is 103 cm³/mol. The van der Waals surface area contributed by atoms with Gasteiger partial charge in [0.1, 0.15) is 5.75 Å². The SMILES string of the molecule is CCC(=O)Nc1ccc(-c2c(C)cnn2C)c(O)c1.N[C@H]1CC1C1CC1. The van der Waals surface area contributed by atoms with E-state index < -0.39 is 0 Å². The lowest BCUT2D eigenvalue weighted by molar-refractivity contribution is -0.115. The van der Waals surface area contributed by atoms with Crippen molar-refractivity contribution in [2.45, 2.75) is 45.6 Å². The zero-order chi connectivity index (χ0) is 18.8. The fourth-order valence-electron chi connectivity index (χ4n) is 3.30. The molecule has 1 heterocycles. The smallest absolute Gasteiger partial charge is 0.224 e. The summed E-state index contributed by atoms with van der Waals surface area (Å²) in [6.07, 6.45) is 6.42. The number of rotatable bonds is 4. The van der Waals surface area contributed by atoms with E-state index in [4.69, 9.17) is 5.73 Å². The first-order valence-electron chi connectivity index (χ1n) is 9.28. The summed E-state index contributed by atoms with van der Waals surface area (Å²) >= 11 is 0. The van der Waals surface area contributed by atoms with Gasteiger partial charge in [-0.25, -0.2) is 0 Å². The first-order valence-corrected chi connectivity index (χ1v) is 9.28. The standard InChI is InChI=1S/C14H17N3O2.C6H11N/c1-4-13(19)16-10-5-6-11(12(18)7-10)14-9(2)8-15-17(14)3;7-6-3-5(6)4-1-2-4/h5-8,18H,4H2,1-3H3,(H,16,19);4-6H,1-3,7H2/t;5?,6-/m.0/s1. The number of carbonyl (C=O) groups excluding carboxylic acids is 1. The summed E-state index contributed by atoms with van der Waals surface area (Å²) in [4.78, 5) is 11.3. The molecule has 2 saturated carbocycles. The highest BCUT2D eigenvalue weighted by atomic mass is 16.3. The van der Waals surface area contributed by atoms with Gasteiger partial charge in [0.2, 0.25) is 5.91 Å². The minimum Gasteiger partial charge on any atom is -0.507 e. The zero-order valence-electron chi connectivity index (χ0n) is 15.7. The molecule has 2 aliphatic rings. The average Bonchev–Trinajstić information content (AvgIpc) is 3.51. The Morgan fingerprint density at radius 3 is 2.54 bits per heavy atom. The molecule has 6 nitrogen and oxygen atoms in total. The summed E-state index contributed by atoms with van der Waals surface area (Å²) in [5, 5.41) is 17.0. The number of carbonyl (C=O) groups is 1. The number of phenolic OH excluding ortho intramolecular Hbond substituents is 1. The third-order valence-electron chi connectivity index (χ3n) is 5.10. The number of nitrogens with one attached hydrogen (secondary N) is 1. The maximum Gasteiger partial charge on any atom is 0.224 e. The van der Waals surface area contributed by atoms with Crippen LogP contribution < -0.4 is 11.1 Å². The second-order valence-electron chi connectivity index (χ2n) is 7.33. The number of benzene rings is 1. The molecule has 2 aliphatic carbocycles. The van der Waals surface area contributed by atoms with Crippen molar-refractivity contribution >= 4 is 11.6 Å². The molecule has 1 aromatic carbocycles. The Morgan fingerprint density at radius 1 is 1.42 bits per heavy atom. The first kappa shape index (κ1) is 18.5. The van der Waals surface area contributed by atoms with Gasteiger partial charge in [-0.1, -0.05) is 6.92 Å². The third kappa shape index (κ3) is 4.25. The molecule has 2 atom stereocenters. The van der Waals surface area contributed by atoms with Gasteiger partial charge < -0.3 is 16.2 Å². The van der Waals surface area contributed by atoms with Crippen molar-refractivity contribution in [3.05, 3.63) is 30.0 Å². The normalized spacial score (nSPS) is 20.9. The highest BCUT2D eigenvalue weighted by molar-refractivity contribution is 5.91. The fraction of sp³-hybridized carbons (Fsp3) is 0.500. The largest absolute Gasteiger partial charge is 0.507 e. The number of phenols is 1. The van der Waals surface area contributed by atoms with Gasteiger partial charge in [0, 0.05) is 36.8 Å². The Labute approximate surface area is 154 Å². The Bertz CT molecular complexity index is 776. The number of hydrogen-bond acceptors (Lipinski definition) is 4. The summed E-state index contributed by atoms with van der Waals surface area (Å²) in [5.74, 6) is 2.07. The number of anilines is 1. The van der Waals surface area contributed by atoms with E-state index in [2.05, 4.69) is 10.4 Å². The molecule has 0 aliphatic heterocycles. The van der Waals surface area contributed by atoms with Gasteiger partial charge in [-0.15, -0.1) is 0 Å². The third-order valence-corrected chi connectivity index (χ3v) is 5.10. The van der Waals surface area contributed by atoms with Gasteiger partial charge in [-0.05, 0) is 55.7 Å². The van der Waals surface area contributed by atoms with E-state index in [-0.39, 0.29) is 11.7 Å². The van der Waals surface area contributed by atoms with Crippen molar-refractivity contribution < 1.29 is 9.90 Å². The summed E-state index contributed by atoms with van der Waals surface area (Å²) < 4.78 is 1.72. The van der Waals surface area contributed by atoms with Gasteiger partial charge in [0.05, 0.1) is 11.9 Å². The number of nitrogens with zero attached hydrogens (tertiary/aromatic N) is 2. The Morgan fingerprint density at radius 2 is 2.12 bits per heavy atom. The van der Waals surface area contributed by atoms with E-state index in [0.717, 1.165) is 23.1 Å². The Kier molecular flexibility index (Phi) is 5.32. The molecule has 0 spiro atoms. The maximum absolute atomic E-state index is 11.3. The lowest BCUT2D eigenvalue weighted by atomic mass is 10.1. The molecule has 0 saturated heterocycles. The second kappa shape index (κ2) is 7.50. The summed E-state index contributed by atoms with van der Waals surface area (Å²) in [5.41, 5.74) is 8.75. The number of nitrogens with two attached hydrogens (primary N) is 1. The first-order chi connectivity index (χ1) is 12.4. The molecule has 4 rings (SSSR count). The molecular formula is C20H28N4O2. The number of aryl methyl sites for hydroxylation is 2. The van der Waals surface area contributed by atoms with Crippen LogP contribution in [0.4, 0.5) is 5.69 Å². The quantitative estimate of drug-likeness (QED) is 0.784. The average molecular weight is 356 g/mol. The lowest BCUT2D eigenvalue weighted by Gasteiger charge is -2.09. The van der Waals surface area contributed by atoms with Gasteiger partial charge in [0.15, 0.2) is 0 Å². The van der Waals surface area contributed by atoms with E-state index in [0.29, 0.717) is 23.7 Å². The monoisotopic (exact) mass is 356 g/mol. The van der Waals surface area contributed by atoms with Crippen molar-refractivity contribution in [3.63, 3.8) is 0 Å². The van der Waals surface area contributed by atoms with E-state index in [1.165, 1.54) is 19.3 Å². The molecule has 0 radical (unpaired) electrons. The molecule has 2 aromatic rings. The van der Waals surface area contributed by atoms with Crippen LogP contribution in [0, 0.1) is 18.8 Å². The molecule has 0 bridgehead atoms. The predicted octanol–water partition coefficient (Wildman–Crippen LogP) is 3.19. The minimum atomic E-state index is -0.0798. The highest BCUT2D eigenvalue weighted by Gasteiger charge is 2.45. The van der Waals surface area contributed by atoms with Crippen LogP contribution in [0.3, 0.4) is 0 Å². The molecule has 1 unspecified atom stereocenters. The number of hydrogen-bond donors (Lipinski definition) is 3. The van der Waals surface area contributed by atoms with Crippen molar-refractivity contribution in [2.24, 2.45) is 24.6 Å². The maximum atomic E-state index is 11.3. The zero-order valence-corrected chi connectivity index (χ0v) is 15.7. The van der Waals surface area contributed by atoms with Crippen LogP contribution in [-0.4, -0.2) is 26.8 Å². The second-order valence-corrected chi connectivity index (χ2v) is 7.33. The van der Waals surface area contributed by atoms with Crippen molar-refractivity contribution in [3.8, 4) is 17.0 Å². The van der Waals surface area contributed by atoms with Crippen molar-refractivity contribution in [1.82, 2.24) is 9.78 Å². The van der Waals surface area contributed by atoms with Crippen LogP contribution in [0.5, 0.6) is 5.75 Å². The number of aromatic nitrogens is 2. The summed E-state index contributed by atoms with van der Waals surface area (Å²) in [6.45, 7) is 3.72. The topological polar surface area (TPSA) is 93.2 Å². The van der Waals surface area contributed by atoms with E-state index >= 15 is 0 Å². The number of aromatic hydroxyl groups is 1. The van der Waals surface area contributed by atoms with Gasteiger partial charge >= 0.3 is 0 Å².